The first-order valence-electron chi connectivity index (χ1n) is 10.9. The van der Waals surface area contributed by atoms with Gasteiger partial charge in [-0.15, -0.1) is 11.8 Å². The van der Waals surface area contributed by atoms with Gasteiger partial charge in [-0.1, -0.05) is 30.3 Å². The minimum absolute atomic E-state index is 0.102. The summed E-state index contributed by atoms with van der Waals surface area (Å²) in [7, 11) is 0. The Kier molecular flexibility index (Phi) is 6.45. The molecule has 2 aromatic rings. The Labute approximate surface area is 190 Å². The van der Waals surface area contributed by atoms with Gasteiger partial charge in [0.1, 0.15) is 5.75 Å². The largest absolute Gasteiger partial charge is 0.507 e. The third-order valence-corrected chi connectivity index (χ3v) is 7.52. The van der Waals surface area contributed by atoms with Crippen molar-refractivity contribution in [2.45, 2.75) is 54.8 Å². The fourth-order valence-corrected chi connectivity index (χ4v) is 5.67. The maximum Gasteiger partial charge on any atom is 0.416 e. The lowest BCUT2D eigenvalue weighted by Crippen LogP contribution is -2.60. The monoisotopic (exact) mass is 464 g/mol. The molecule has 172 valence electrons. The highest BCUT2D eigenvalue weighted by Crippen LogP contribution is 2.48. The molecule has 2 N–H and O–H groups in total. The van der Waals surface area contributed by atoms with Gasteiger partial charge in [-0.3, -0.25) is 9.69 Å². The first kappa shape index (κ1) is 23.0. The number of alkyl halides is 3. The van der Waals surface area contributed by atoms with Gasteiger partial charge in [0.2, 0.25) is 0 Å². The Balaban J connectivity index is 1.71. The maximum absolute atomic E-state index is 13.4. The molecule has 0 bridgehead atoms. The van der Waals surface area contributed by atoms with Gasteiger partial charge in [0.05, 0.1) is 17.2 Å². The van der Waals surface area contributed by atoms with Crippen molar-refractivity contribution in [2.24, 2.45) is 0 Å². The van der Waals surface area contributed by atoms with Crippen LogP contribution in [0.3, 0.4) is 0 Å². The summed E-state index contributed by atoms with van der Waals surface area (Å²) in [4.78, 5) is 16.0. The van der Waals surface area contributed by atoms with Gasteiger partial charge in [-0.05, 0) is 69.1 Å². The first-order valence-corrected chi connectivity index (χ1v) is 12.1. The molecule has 2 aromatic carbocycles. The number of nitrogens with zero attached hydrogens (tertiary/aromatic N) is 1. The summed E-state index contributed by atoms with van der Waals surface area (Å²) in [6.07, 6.45) is 2.19. The van der Waals surface area contributed by atoms with Crippen LogP contribution in [0.25, 0.3) is 0 Å². The second-order valence-electron chi connectivity index (χ2n) is 8.54. The van der Waals surface area contributed by atoms with Gasteiger partial charge in [0.15, 0.2) is 0 Å². The van der Waals surface area contributed by atoms with Crippen molar-refractivity contribution in [3.63, 3.8) is 0 Å². The quantitative estimate of drug-likeness (QED) is 0.545. The van der Waals surface area contributed by atoms with E-state index in [0.29, 0.717) is 6.07 Å². The zero-order chi connectivity index (χ0) is 22.9. The molecule has 8 heteroatoms. The van der Waals surface area contributed by atoms with Gasteiger partial charge in [0, 0.05) is 10.4 Å². The molecular weight excluding hydrogens is 437 g/mol. The number of phenols is 1. The number of phenolic OH excluding ortho intramolecular Hbond substituents is 1. The van der Waals surface area contributed by atoms with Crippen LogP contribution in [-0.2, 0) is 6.18 Å². The first-order chi connectivity index (χ1) is 15.3. The fourth-order valence-electron chi connectivity index (χ4n) is 5.02. The SMILES string of the molecule is CSc1cc(C(F)(F)F)cc(O)c1C(=O)NC(c1ccccc1)C1(N2CCCC2)CCC1. The Morgan fingerprint density at radius 1 is 1.12 bits per heavy atom. The molecular formula is C24H27F3N2O2S. The summed E-state index contributed by atoms with van der Waals surface area (Å²) in [5, 5.41) is 13.5. The number of aromatic hydroxyl groups is 1. The lowest BCUT2D eigenvalue weighted by atomic mass is 9.68. The van der Waals surface area contributed by atoms with Crippen molar-refractivity contribution in [3.8, 4) is 5.75 Å². The van der Waals surface area contributed by atoms with Gasteiger partial charge < -0.3 is 10.4 Å². The van der Waals surface area contributed by atoms with E-state index >= 15 is 0 Å². The number of hydrogen-bond acceptors (Lipinski definition) is 4. The van der Waals surface area contributed by atoms with E-state index in [-0.39, 0.29) is 22.0 Å². The standard InChI is InChI=1S/C24H27F3N2O2S/c1-32-19-15-17(24(25,26)27)14-18(30)20(19)22(31)28-21(16-8-3-2-4-9-16)23(10-7-11-23)29-12-5-6-13-29/h2-4,8-9,14-15,21,30H,5-7,10-13H2,1H3,(H,28,31). The summed E-state index contributed by atoms with van der Waals surface area (Å²) in [5.41, 5.74) is -0.330. The van der Waals surface area contributed by atoms with Crippen LogP contribution in [0, 0.1) is 0 Å². The van der Waals surface area contributed by atoms with E-state index in [1.165, 1.54) is 0 Å². The van der Waals surface area contributed by atoms with E-state index in [1.807, 2.05) is 30.3 Å². The van der Waals surface area contributed by atoms with E-state index < -0.39 is 23.4 Å². The van der Waals surface area contributed by atoms with Crippen molar-refractivity contribution in [1.29, 1.82) is 0 Å². The van der Waals surface area contributed by atoms with Crippen LogP contribution in [0.2, 0.25) is 0 Å². The second-order valence-corrected chi connectivity index (χ2v) is 9.39. The van der Waals surface area contributed by atoms with Gasteiger partial charge in [-0.2, -0.15) is 13.2 Å². The van der Waals surface area contributed by atoms with E-state index in [4.69, 9.17) is 0 Å². The topological polar surface area (TPSA) is 52.6 Å². The fraction of sp³-hybridized carbons (Fsp3) is 0.458. The van der Waals surface area contributed by atoms with Crippen LogP contribution in [0.1, 0.15) is 59.6 Å². The summed E-state index contributed by atoms with van der Waals surface area (Å²) in [6.45, 7) is 1.95. The normalized spacial score (nSPS) is 19.4. The zero-order valence-corrected chi connectivity index (χ0v) is 18.7. The third-order valence-electron chi connectivity index (χ3n) is 6.76. The van der Waals surface area contributed by atoms with Crippen LogP contribution >= 0.6 is 11.8 Å². The highest BCUT2D eigenvalue weighted by atomic mass is 32.2. The lowest BCUT2D eigenvalue weighted by molar-refractivity contribution is -0.137. The summed E-state index contributed by atoms with van der Waals surface area (Å²) >= 11 is 1.01. The number of nitrogens with one attached hydrogen (secondary N) is 1. The Morgan fingerprint density at radius 2 is 1.78 bits per heavy atom. The molecule has 1 amide bonds. The molecule has 32 heavy (non-hydrogen) atoms. The number of hydrogen-bond donors (Lipinski definition) is 2. The summed E-state index contributed by atoms with van der Waals surface area (Å²) in [6, 6.07) is 11.0. The predicted octanol–water partition coefficient (Wildman–Crippen LogP) is 5.62. The molecule has 4 rings (SSSR count). The van der Waals surface area contributed by atoms with Crippen molar-refractivity contribution in [2.75, 3.05) is 19.3 Å². The lowest BCUT2D eigenvalue weighted by Gasteiger charge is -2.54. The van der Waals surface area contributed by atoms with Crippen LogP contribution in [0.4, 0.5) is 13.2 Å². The number of benzene rings is 2. The minimum Gasteiger partial charge on any atom is -0.507 e. The van der Waals surface area contributed by atoms with Crippen LogP contribution < -0.4 is 5.32 Å². The second kappa shape index (κ2) is 8.98. The van der Waals surface area contributed by atoms with E-state index in [2.05, 4.69) is 10.2 Å². The Hall–Kier alpha value is -2.19. The number of rotatable bonds is 6. The summed E-state index contributed by atoms with van der Waals surface area (Å²) in [5.74, 6) is -1.21. The number of amides is 1. The number of carbonyl (C=O) groups excluding carboxylic acids is 1. The van der Waals surface area contributed by atoms with Crippen molar-refractivity contribution in [1.82, 2.24) is 10.2 Å². The van der Waals surface area contributed by atoms with Crippen LogP contribution in [-0.4, -0.2) is 40.8 Å². The highest BCUT2D eigenvalue weighted by molar-refractivity contribution is 7.98. The molecule has 1 aliphatic heterocycles. The van der Waals surface area contributed by atoms with Gasteiger partial charge >= 0.3 is 6.18 Å². The molecule has 1 aliphatic carbocycles. The predicted molar refractivity (Wildman–Crippen MR) is 119 cm³/mol. The van der Waals surface area contributed by atoms with E-state index in [9.17, 15) is 23.1 Å². The Bertz CT molecular complexity index is 971. The minimum atomic E-state index is -4.60. The van der Waals surface area contributed by atoms with Crippen LogP contribution in [0.15, 0.2) is 47.4 Å². The van der Waals surface area contributed by atoms with E-state index in [0.717, 1.165) is 68.6 Å². The average Bonchev–Trinajstić information content (AvgIpc) is 3.26. The average molecular weight is 465 g/mol. The molecule has 4 nitrogen and oxygen atoms in total. The van der Waals surface area contributed by atoms with Gasteiger partial charge in [-0.25, -0.2) is 0 Å². The molecule has 2 aliphatic rings. The zero-order valence-electron chi connectivity index (χ0n) is 17.9. The molecule has 0 aromatic heterocycles. The molecule has 2 fully saturated rings. The molecule has 1 atom stereocenters. The maximum atomic E-state index is 13.4. The molecule has 0 radical (unpaired) electrons. The number of likely N-dealkylation sites (tertiary alicyclic amines) is 1. The third kappa shape index (κ3) is 4.22. The molecule has 1 saturated carbocycles. The van der Waals surface area contributed by atoms with Crippen molar-refractivity contribution >= 4 is 17.7 Å². The van der Waals surface area contributed by atoms with Crippen molar-refractivity contribution in [3.05, 3.63) is 59.2 Å². The number of halogens is 3. The number of carbonyl (C=O) groups is 1. The smallest absolute Gasteiger partial charge is 0.416 e. The molecule has 0 spiro atoms. The highest BCUT2D eigenvalue weighted by Gasteiger charge is 2.50. The molecule has 1 saturated heterocycles. The number of thioether (sulfide) groups is 1. The molecule has 1 unspecified atom stereocenters. The Morgan fingerprint density at radius 3 is 2.31 bits per heavy atom. The van der Waals surface area contributed by atoms with Crippen molar-refractivity contribution < 1.29 is 23.1 Å². The van der Waals surface area contributed by atoms with E-state index in [1.54, 1.807) is 6.26 Å². The van der Waals surface area contributed by atoms with Gasteiger partial charge in [0.25, 0.3) is 5.91 Å². The summed E-state index contributed by atoms with van der Waals surface area (Å²) < 4.78 is 39.6. The molecule has 1 heterocycles. The van der Waals surface area contributed by atoms with Crippen LogP contribution in [0.5, 0.6) is 5.75 Å².